The van der Waals surface area contributed by atoms with E-state index in [1.54, 1.807) is 26.4 Å². The van der Waals surface area contributed by atoms with Gasteiger partial charge in [0, 0.05) is 38.4 Å². The first-order valence-electron chi connectivity index (χ1n) is 6.04. The molecular weight excluding hydrogens is 242 g/mol. The van der Waals surface area contributed by atoms with Crippen molar-refractivity contribution in [3.05, 3.63) is 40.8 Å². The number of nitrogens with zero attached hydrogens (tertiary/aromatic N) is 2. The number of aromatic nitrogens is 1. The number of carbonyl (C=O) groups excluding carboxylic acids is 1. The molecule has 0 aliphatic carbocycles. The van der Waals surface area contributed by atoms with Crippen LogP contribution in [0.15, 0.2) is 35.3 Å². The summed E-state index contributed by atoms with van der Waals surface area (Å²) in [5.41, 5.74) is 0.810. The van der Waals surface area contributed by atoms with Crippen molar-refractivity contribution in [1.82, 2.24) is 9.47 Å². The monoisotopic (exact) mass is 259 g/mol. The number of fused-ring (bicyclic) bond motifs is 1. The number of anilines is 1. The number of rotatable bonds is 3. The lowest BCUT2D eigenvalue weighted by Gasteiger charge is -2.12. The fourth-order valence-corrected chi connectivity index (χ4v) is 1.86. The third-order valence-electron chi connectivity index (χ3n) is 3.07. The molecule has 19 heavy (non-hydrogen) atoms. The second kappa shape index (κ2) is 5.14. The van der Waals surface area contributed by atoms with Gasteiger partial charge in [0.2, 0.25) is 5.91 Å². The summed E-state index contributed by atoms with van der Waals surface area (Å²) in [6.07, 6.45) is 1.66. The van der Waals surface area contributed by atoms with Crippen molar-refractivity contribution in [2.24, 2.45) is 0 Å². The maximum absolute atomic E-state index is 12.3. The van der Waals surface area contributed by atoms with E-state index in [4.69, 9.17) is 0 Å². The van der Waals surface area contributed by atoms with E-state index < -0.39 is 0 Å². The molecule has 0 saturated heterocycles. The van der Waals surface area contributed by atoms with Gasteiger partial charge in [-0.3, -0.25) is 9.59 Å². The van der Waals surface area contributed by atoms with Crippen LogP contribution in [0.25, 0.3) is 10.8 Å². The summed E-state index contributed by atoms with van der Waals surface area (Å²) >= 11 is 0. The Hall–Kier alpha value is -2.30. The summed E-state index contributed by atoms with van der Waals surface area (Å²) < 4.78 is 1.43. The molecule has 2 aromatic rings. The molecule has 100 valence electrons. The van der Waals surface area contributed by atoms with Crippen LogP contribution in [0.2, 0.25) is 0 Å². The SMILES string of the molecule is CNc1ccc2c(=O)n(CC(=O)N(C)C)ccc2c1. The van der Waals surface area contributed by atoms with Crippen molar-refractivity contribution >= 4 is 22.4 Å². The van der Waals surface area contributed by atoms with E-state index in [1.807, 2.05) is 25.2 Å². The highest BCUT2D eigenvalue weighted by Crippen LogP contribution is 2.15. The van der Waals surface area contributed by atoms with E-state index >= 15 is 0 Å². The van der Waals surface area contributed by atoms with Gasteiger partial charge in [-0.15, -0.1) is 0 Å². The first-order valence-corrected chi connectivity index (χ1v) is 6.04. The Morgan fingerprint density at radius 3 is 2.68 bits per heavy atom. The van der Waals surface area contributed by atoms with E-state index in [0.717, 1.165) is 11.1 Å². The molecule has 5 nitrogen and oxygen atoms in total. The number of likely N-dealkylation sites (N-methyl/N-ethyl adjacent to an activating group) is 1. The minimum atomic E-state index is -0.143. The lowest BCUT2D eigenvalue weighted by atomic mass is 10.1. The maximum atomic E-state index is 12.3. The topological polar surface area (TPSA) is 54.3 Å². The van der Waals surface area contributed by atoms with Crippen LogP contribution >= 0.6 is 0 Å². The van der Waals surface area contributed by atoms with Crippen molar-refractivity contribution in [1.29, 1.82) is 0 Å². The molecule has 1 amide bonds. The van der Waals surface area contributed by atoms with Gasteiger partial charge in [0.25, 0.3) is 5.56 Å². The molecule has 0 unspecified atom stereocenters. The zero-order valence-electron chi connectivity index (χ0n) is 11.3. The van der Waals surface area contributed by atoms with Crippen molar-refractivity contribution < 1.29 is 4.79 Å². The number of carbonyl (C=O) groups is 1. The van der Waals surface area contributed by atoms with E-state index in [2.05, 4.69) is 5.32 Å². The largest absolute Gasteiger partial charge is 0.388 e. The van der Waals surface area contributed by atoms with E-state index in [-0.39, 0.29) is 18.0 Å². The van der Waals surface area contributed by atoms with Gasteiger partial charge in [0.1, 0.15) is 6.54 Å². The molecule has 0 aliphatic heterocycles. The molecule has 5 heteroatoms. The van der Waals surface area contributed by atoms with Gasteiger partial charge in [-0.1, -0.05) is 0 Å². The molecule has 2 rings (SSSR count). The van der Waals surface area contributed by atoms with Crippen LogP contribution in [0.5, 0.6) is 0 Å². The van der Waals surface area contributed by atoms with Crippen LogP contribution < -0.4 is 10.9 Å². The quantitative estimate of drug-likeness (QED) is 0.899. The van der Waals surface area contributed by atoms with E-state index in [9.17, 15) is 9.59 Å². The van der Waals surface area contributed by atoms with Crippen LogP contribution in [-0.4, -0.2) is 36.5 Å². The van der Waals surface area contributed by atoms with Gasteiger partial charge in [0.15, 0.2) is 0 Å². The number of benzene rings is 1. The number of nitrogens with one attached hydrogen (secondary N) is 1. The Morgan fingerprint density at radius 1 is 1.32 bits per heavy atom. The molecule has 0 bridgehead atoms. The minimum absolute atomic E-state index is 0.0650. The predicted octanol–water partition coefficient (Wildman–Crippen LogP) is 1.13. The summed E-state index contributed by atoms with van der Waals surface area (Å²) in [4.78, 5) is 25.4. The Morgan fingerprint density at radius 2 is 2.05 bits per heavy atom. The molecule has 0 aliphatic rings. The number of pyridine rings is 1. The molecule has 0 saturated carbocycles. The highest BCUT2D eigenvalue weighted by molar-refractivity contribution is 5.85. The standard InChI is InChI=1S/C14H17N3O2/c1-15-11-4-5-12-10(8-11)6-7-17(14(12)19)9-13(18)16(2)3/h4-8,15H,9H2,1-3H3. The van der Waals surface area contributed by atoms with Gasteiger partial charge in [-0.2, -0.15) is 0 Å². The van der Waals surface area contributed by atoms with E-state index in [0.29, 0.717) is 5.39 Å². The van der Waals surface area contributed by atoms with Crippen LogP contribution in [-0.2, 0) is 11.3 Å². The molecule has 1 aromatic heterocycles. The van der Waals surface area contributed by atoms with Crippen molar-refractivity contribution in [3.8, 4) is 0 Å². The van der Waals surface area contributed by atoms with Gasteiger partial charge in [-0.25, -0.2) is 0 Å². The second-order valence-corrected chi connectivity index (χ2v) is 4.59. The van der Waals surface area contributed by atoms with Crippen LogP contribution in [0.4, 0.5) is 5.69 Å². The number of hydrogen-bond donors (Lipinski definition) is 1. The molecule has 0 spiro atoms. The molecule has 0 atom stereocenters. The summed E-state index contributed by atoms with van der Waals surface area (Å²) in [5.74, 6) is -0.103. The number of amides is 1. The van der Waals surface area contributed by atoms with Gasteiger partial charge < -0.3 is 14.8 Å². The highest BCUT2D eigenvalue weighted by atomic mass is 16.2. The Labute approximate surface area is 111 Å². The first-order chi connectivity index (χ1) is 9.02. The normalized spacial score (nSPS) is 10.5. The molecule has 0 radical (unpaired) electrons. The number of hydrogen-bond acceptors (Lipinski definition) is 3. The Kier molecular flexibility index (Phi) is 3.55. The zero-order chi connectivity index (χ0) is 14.0. The molecule has 0 fully saturated rings. The van der Waals surface area contributed by atoms with Gasteiger partial charge >= 0.3 is 0 Å². The van der Waals surface area contributed by atoms with E-state index in [1.165, 1.54) is 9.47 Å². The average molecular weight is 259 g/mol. The first kappa shape index (κ1) is 13.1. The smallest absolute Gasteiger partial charge is 0.258 e. The lowest BCUT2D eigenvalue weighted by molar-refractivity contribution is -0.129. The van der Waals surface area contributed by atoms with Crippen LogP contribution in [0.1, 0.15) is 0 Å². The average Bonchev–Trinajstić information content (AvgIpc) is 2.41. The van der Waals surface area contributed by atoms with Gasteiger partial charge in [-0.05, 0) is 29.7 Å². The Bertz CT molecular complexity index is 674. The third-order valence-corrected chi connectivity index (χ3v) is 3.07. The maximum Gasteiger partial charge on any atom is 0.258 e. The summed E-state index contributed by atoms with van der Waals surface area (Å²) in [7, 11) is 5.18. The summed E-state index contributed by atoms with van der Waals surface area (Å²) in [5, 5.41) is 4.52. The van der Waals surface area contributed by atoms with Crippen LogP contribution in [0, 0.1) is 0 Å². The molecule has 1 heterocycles. The van der Waals surface area contributed by atoms with Crippen LogP contribution in [0.3, 0.4) is 0 Å². The summed E-state index contributed by atoms with van der Waals surface area (Å²) in [6.45, 7) is 0.0650. The highest BCUT2D eigenvalue weighted by Gasteiger charge is 2.08. The fourth-order valence-electron chi connectivity index (χ4n) is 1.86. The minimum Gasteiger partial charge on any atom is -0.388 e. The lowest BCUT2D eigenvalue weighted by Crippen LogP contribution is -2.31. The van der Waals surface area contributed by atoms with Crippen molar-refractivity contribution in [2.75, 3.05) is 26.5 Å². The summed E-state index contributed by atoms with van der Waals surface area (Å²) in [6, 6.07) is 7.39. The fraction of sp³-hybridized carbons (Fsp3) is 0.286. The third kappa shape index (κ3) is 2.59. The molecule has 1 aromatic carbocycles. The second-order valence-electron chi connectivity index (χ2n) is 4.59. The molecule has 1 N–H and O–H groups in total. The van der Waals surface area contributed by atoms with Gasteiger partial charge in [0.05, 0.1) is 0 Å². The Balaban J connectivity index is 2.46. The van der Waals surface area contributed by atoms with Crippen molar-refractivity contribution in [3.63, 3.8) is 0 Å². The molecular formula is C14H17N3O2. The predicted molar refractivity (Wildman–Crippen MR) is 76.4 cm³/mol. The zero-order valence-corrected chi connectivity index (χ0v) is 11.3. The van der Waals surface area contributed by atoms with Crippen molar-refractivity contribution in [2.45, 2.75) is 6.54 Å².